The van der Waals surface area contributed by atoms with Crippen LogP contribution >= 0.6 is 11.6 Å². The highest BCUT2D eigenvalue weighted by Crippen LogP contribution is 2.23. The number of aromatic nitrogens is 5. The minimum Gasteiger partial charge on any atom is -0.294 e. The Balaban J connectivity index is 1.28. The molecule has 0 aliphatic carbocycles. The molecule has 2 aromatic carbocycles. The Labute approximate surface area is 200 Å². The quantitative estimate of drug-likeness (QED) is 0.337. The van der Waals surface area contributed by atoms with E-state index in [1.54, 1.807) is 60.8 Å². The molecule has 0 bridgehead atoms. The lowest BCUT2D eigenvalue weighted by atomic mass is 10.0. The molecule has 0 radical (unpaired) electrons. The summed E-state index contributed by atoms with van der Waals surface area (Å²) in [4.78, 5) is 17.0. The highest BCUT2D eigenvalue weighted by Gasteiger charge is 2.20. The molecule has 170 valence electrons. The van der Waals surface area contributed by atoms with E-state index in [1.165, 1.54) is 23.3 Å². The first-order chi connectivity index (χ1) is 16.4. The first kappa shape index (κ1) is 22.0. The molecule has 1 N–H and O–H groups in total. The van der Waals surface area contributed by atoms with Crippen LogP contribution < -0.4 is 0 Å². The fraction of sp³-hybridized carbons (Fsp3) is 0.0833. The molecule has 10 heteroatoms. The molecule has 0 saturated carbocycles. The third kappa shape index (κ3) is 4.35. The van der Waals surface area contributed by atoms with Crippen LogP contribution in [0.5, 0.6) is 0 Å². The summed E-state index contributed by atoms with van der Waals surface area (Å²) < 4.78 is 27.6. The second-order valence-electron chi connectivity index (χ2n) is 7.70. The molecule has 34 heavy (non-hydrogen) atoms. The van der Waals surface area contributed by atoms with Crippen LogP contribution in [0.4, 0.5) is 0 Å². The first-order valence-corrected chi connectivity index (χ1v) is 12.2. The number of nitrogens with one attached hydrogen (secondary N) is 1. The van der Waals surface area contributed by atoms with Crippen molar-refractivity contribution in [1.82, 2.24) is 25.0 Å². The smallest absolute Gasteiger partial charge is 0.209 e. The van der Waals surface area contributed by atoms with Gasteiger partial charge in [0.05, 0.1) is 23.0 Å². The van der Waals surface area contributed by atoms with Gasteiger partial charge in [0.15, 0.2) is 11.4 Å². The van der Waals surface area contributed by atoms with Gasteiger partial charge >= 0.3 is 0 Å². The Morgan fingerprint density at radius 3 is 2.62 bits per heavy atom. The van der Waals surface area contributed by atoms with Gasteiger partial charge in [0.25, 0.3) is 0 Å². The van der Waals surface area contributed by atoms with Gasteiger partial charge in [-0.15, -0.1) is 0 Å². The normalized spacial score (nSPS) is 11.7. The van der Waals surface area contributed by atoms with Crippen molar-refractivity contribution in [3.8, 4) is 5.69 Å². The van der Waals surface area contributed by atoms with Crippen LogP contribution in [0.15, 0.2) is 89.2 Å². The largest absolute Gasteiger partial charge is 0.294 e. The van der Waals surface area contributed by atoms with E-state index in [1.807, 2.05) is 0 Å². The number of carbonyl (C=O) groups is 1. The van der Waals surface area contributed by atoms with Crippen molar-refractivity contribution < 1.29 is 13.2 Å². The second kappa shape index (κ2) is 8.85. The Morgan fingerprint density at radius 1 is 1.00 bits per heavy atom. The molecule has 0 atom stereocenters. The predicted molar refractivity (Wildman–Crippen MR) is 127 cm³/mol. The fourth-order valence-corrected chi connectivity index (χ4v) is 4.94. The van der Waals surface area contributed by atoms with E-state index in [0.29, 0.717) is 28.3 Å². The van der Waals surface area contributed by atoms with Crippen LogP contribution in [0.3, 0.4) is 0 Å². The average Bonchev–Trinajstić information content (AvgIpc) is 3.52. The van der Waals surface area contributed by atoms with Gasteiger partial charge in [0, 0.05) is 34.8 Å². The van der Waals surface area contributed by atoms with Gasteiger partial charge < -0.3 is 0 Å². The summed E-state index contributed by atoms with van der Waals surface area (Å²) >= 11 is 6.01. The van der Waals surface area contributed by atoms with E-state index in [9.17, 15) is 13.2 Å². The minimum absolute atomic E-state index is 0.0410. The molecule has 3 aromatic heterocycles. The fourth-order valence-electron chi connectivity index (χ4n) is 3.57. The minimum atomic E-state index is -3.74. The number of hydrogen-bond donors (Lipinski definition) is 1. The van der Waals surface area contributed by atoms with Crippen LogP contribution in [-0.2, 0) is 16.3 Å². The van der Waals surface area contributed by atoms with E-state index in [-0.39, 0.29) is 22.0 Å². The standard InChI is InChI=1S/C24H18ClN5O3S/c25-19-2-1-3-20(11-19)30-15-22(14-28-30)34(32,33)21-7-4-16(5-8-21)6-9-23(31)17-10-18-13-27-29-24(18)26-12-17/h1-5,7-8,10-15H,6,9H2,(H,26,27,29). The molecule has 0 saturated heterocycles. The zero-order valence-electron chi connectivity index (χ0n) is 17.7. The maximum absolute atomic E-state index is 13.0. The number of aromatic amines is 1. The van der Waals surface area contributed by atoms with Crippen molar-refractivity contribution in [1.29, 1.82) is 0 Å². The summed E-state index contributed by atoms with van der Waals surface area (Å²) in [5, 5.41) is 12.1. The Hall–Kier alpha value is -3.82. The van der Waals surface area contributed by atoms with Crippen molar-refractivity contribution in [3.63, 3.8) is 0 Å². The van der Waals surface area contributed by atoms with Crippen molar-refractivity contribution in [3.05, 3.63) is 95.5 Å². The molecule has 5 aromatic rings. The van der Waals surface area contributed by atoms with E-state index < -0.39 is 9.84 Å². The Morgan fingerprint density at radius 2 is 1.82 bits per heavy atom. The zero-order valence-corrected chi connectivity index (χ0v) is 19.3. The number of H-pyrrole nitrogens is 1. The van der Waals surface area contributed by atoms with Crippen molar-refractivity contribution in [2.75, 3.05) is 0 Å². The summed E-state index contributed by atoms with van der Waals surface area (Å²) in [5.74, 6) is -0.0410. The Bertz CT molecular complexity index is 1610. The number of halogens is 1. The summed E-state index contributed by atoms with van der Waals surface area (Å²) in [7, 11) is -3.74. The monoisotopic (exact) mass is 491 g/mol. The van der Waals surface area contributed by atoms with Crippen molar-refractivity contribution >= 4 is 38.3 Å². The number of aryl methyl sites for hydroxylation is 1. The lowest BCUT2D eigenvalue weighted by Crippen LogP contribution is -2.03. The van der Waals surface area contributed by atoms with E-state index >= 15 is 0 Å². The van der Waals surface area contributed by atoms with Gasteiger partial charge in [-0.3, -0.25) is 9.89 Å². The summed E-state index contributed by atoms with van der Waals surface area (Å²) in [6, 6.07) is 15.3. The maximum Gasteiger partial charge on any atom is 0.209 e. The van der Waals surface area contributed by atoms with Gasteiger partial charge in [-0.2, -0.15) is 10.2 Å². The molecule has 3 heterocycles. The topological polar surface area (TPSA) is 111 Å². The lowest BCUT2D eigenvalue weighted by molar-refractivity contribution is 0.0982. The number of Topliss-reactive ketones (excluding diaryl/α,β-unsaturated/α-hetero) is 1. The summed E-state index contributed by atoms with van der Waals surface area (Å²) in [6.45, 7) is 0. The second-order valence-corrected chi connectivity index (χ2v) is 10.1. The molecule has 0 amide bonds. The number of rotatable bonds is 7. The molecule has 5 rings (SSSR count). The highest BCUT2D eigenvalue weighted by atomic mass is 35.5. The molecule has 0 fully saturated rings. The number of pyridine rings is 1. The van der Waals surface area contributed by atoms with Crippen molar-refractivity contribution in [2.24, 2.45) is 0 Å². The number of sulfone groups is 1. The summed E-state index contributed by atoms with van der Waals surface area (Å²) in [5.41, 5.74) is 2.67. The van der Waals surface area contributed by atoms with Crippen LogP contribution in [0.1, 0.15) is 22.3 Å². The highest BCUT2D eigenvalue weighted by molar-refractivity contribution is 7.91. The predicted octanol–water partition coefficient (Wildman–Crippen LogP) is 4.45. The first-order valence-electron chi connectivity index (χ1n) is 10.4. The zero-order chi connectivity index (χ0) is 23.7. The molecule has 0 aliphatic rings. The molecule has 0 aliphatic heterocycles. The SMILES string of the molecule is O=C(CCc1ccc(S(=O)(=O)c2cnn(-c3cccc(Cl)c3)c2)cc1)c1cnc2[nH]ncc2c1. The van der Waals surface area contributed by atoms with E-state index in [4.69, 9.17) is 11.6 Å². The van der Waals surface area contributed by atoms with E-state index in [0.717, 1.165) is 10.9 Å². The maximum atomic E-state index is 13.0. The number of hydrogen-bond acceptors (Lipinski definition) is 6. The number of benzene rings is 2. The van der Waals surface area contributed by atoms with Gasteiger partial charge in [-0.25, -0.2) is 18.1 Å². The van der Waals surface area contributed by atoms with Crippen LogP contribution in [0, 0.1) is 0 Å². The van der Waals surface area contributed by atoms with E-state index in [2.05, 4.69) is 20.3 Å². The molecular weight excluding hydrogens is 474 g/mol. The third-order valence-corrected chi connectivity index (χ3v) is 7.39. The summed E-state index contributed by atoms with van der Waals surface area (Å²) in [6.07, 6.45) is 6.68. The van der Waals surface area contributed by atoms with Gasteiger partial charge in [0.2, 0.25) is 9.84 Å². The van der Waals surface area contributed by atoms with Crippen molar-refractivity contribution in [2.45, 2.75) is 22.6 Å². The number of ketones is 1. The molecule has 0 unspecified atom stereocenters. The Kier molecular flexibility index (Phi) is 5.72. The van der Waals surface area contributed by atoms with Crippen LogP contribution in [0.25, 0.3) is 16.7 Å². The van der Waals surface area contributed by atoms with Crippen LogP contribution in [0.2, 0.25) is 5.02 Å². The third-order valence-electron chi connectivity index (χ3n) is 5.43. The van der Waals surface area contributed by atoms with Gasteiger partial charge in [-0.05, 0) is 48.4 Å². The number of carbonyl (C=O) groups excluding carboxylic acids is 1. The molecule has 8 nitrogen and oxygen atoms in total. The van der Waals surface area contributed by atoms with Gasteiger partial charge in [-0.1, -0.05) is 29.8 Å². The lowest BCUT2D eigenvalue weighted by Gasteiger charge is -2.05. The van der Waals surface area contributed by atoms with Crippen LogP contribution in [-0.4, -0.2) is 39.2 Å². The number of nitrogens with zero attached hydrogens (tertiary/aromatic N) is 4. The average molecular weight is 492 g/mol. The molecule has 0 spiro atoms. The van der Waals surface area contributed by atoms with Gasteiger partial charge in [0.1, 0.15) is 4.90 Å². The number of fused-ring (bicyclic) bond motifs is 1. The molecular formula is C24H18ClN5O3S.